The van der Waals surface area contributed by atoms with Gasteiger partial charge in [0.25, 0.3) is 0 Å². The zero-order chi connectivity index (χ0) is 17.4. The molecule has 24 heavy (non-hydrogen) atoms. The first-order valence-electron chi connectivity index (χ1n) is 7.69. The second kappa shape index (κ2) is 6.18. The van der Waals surface area contributed by atoms with Crippen molar-refractivity contribution < 1.29 is 33.4 Å². The van der Waals surface area contributed by atoms with Gasteiger partial charge in [-0.2, -0.15) is 0 Å². The van der Waals surface area contributed by atoms with Gasteiger partial charge in [0.15, 0.2) is 0 Å². The van der Waals surface area contributed by atoms with Crippen molar-refractivity contribution in [3.63, 3.8) is 0 Å². The van der Waals surface area contributed by atoms with Crippen LogP contribution < -0.4 is 0 Å². The molecule has 8 nitrogen and oxygen atoms in total. The van der Waals surface area contributed by atoms with Crippen LogP contribution in [0.2, 0.25) is 0 Å². The molecule has 2 saturated carbocycles. The highest BCUT2D eigenvalue weighted by Crippen LogP contribution is 2.58. The summed E-state index contributed by atoms with van der Waals surface area (Å²) in [7, 11) is 0. The van der Waals surface area contributed by atoms with Crippen LogP contribution in [0.25, 0.3) is 0 Å². The van der Waals surface area contributed by atoms with E-state index < -0.39 is 41.6 Å². The molecule has 5 atom stereocenters. The molecule has 0 aromatic rings. The highest BCUT2D eigenvalue weighted by molar-refractivity contribution is 5.98. The monoisotopic (exact) mass is 335 g/mol. The van der Waals surface area contributed by atoms with E-state index >= 15 is 0 Å². The highest BCUT2D eigenvalue weighted by Gasteiger charge is 2.64. The summed E-state index contributed by atoms with van der Waals surface area (Å²) in [6.07, 6.45) is 1.18. The second-order valence-corrected chi connectivity index (χ2v) is 6.20. The lowest BCUT2D eigenvalue weighted by atomic mass is 9.75. The Morgan fingerprint density at radius 3 is 2.50 bits per heavy atom. The third-order valence-corrected chi connectivity index (χ3v) is 5.04. The smallest absolute Gasteiger partial charge is 0.356 e. The van der Waals surface area contributed by atoms with E-state index in [0.717, 1.165) is 0 Å². The number of aliphatic imine (C=N–C) groups is 1. The Bertz CT molecular complexity index is 640. The van der Waals surface area contributed by atoms with Crippen molar-refractivity contribution in [2.24, 2.45) is 34.6 Å². The molecule has 128 valence electrons. The molecule has 0 aromatic heterocycles. The predicted octanol–water partition coefficient (Wildman–Crippen LogP) is 0.259. The Morgan fingerprint density at radius 1 is 1.12 bits per heavy atom. The van der Waals surface area contributed by atoms with E-state index in [4.69, 9.17) is 9.47 Å². The van der Waals surface area contributed by atoms with E-state index in [1.165, 1.54) is 0 Å². The fraction of sp³-hybridized carbons (Fsp3) is 0.562. The van der Waals surface area contributed by atoms with Gasteiger partial charge in [0.1, 0.15) is 18.9 Å². The molecule has 0 aromatic carbocycles. The summed E-state index contributed by atoms with van der Waals surface area (Å²) in [6.45, 7) is 6.27. The Balaban J connectivity index is 1.48. The molecule has 1 heterocycles. The predicted molar refractivity (Wildman–Crippen MR) is 78.4 cm³/mol. The molecular weight excluding hydrogens is 318 g/mol. The summed E-state index contributed by atoms with van der Waals surface area (Å²) in [5.41, 5.74) is -0.120. The van der Waals surface area contributed by atoms with Crippen molar-refractivity contribution in [2.75, 3.05) is 13.2 Å². The number of fused-ring (bicyclic) bond motifs is 5. The fourth-order valence-corrected chi connectivity index (χ4v) is 4.06. The van der Waals surface area contributed by atoms with E-state index in [0.29, 0.717) is 12.8 Å². The normalized spacial score (nSPS) is 32.9. The molecule has 2 aliphatic carbocycles. The summed E-state index contributed by atoms with van der Waals surface area (Å²) in [5.74, 6) is -3.71. The van der Waals surface area contributed by atoms with Crippen LogP contribution in [0.4, 0.5) is 0 Å². The first kappa shape index (κ1) is 16.4. The van der Waals surface area contributed by atoms with Gasteiger partial charge in [-0.1, -0.05) is 6.58 Å². The van der Waals surface area contributed by atoms with Crippen molar-refractivity contribution in [1.29, 1.82) is 0 Å². The maximum atomic E-state index is 12.2. The van der Waals surface area contributed by atoms with Crippen LogP contribution in [0.5, 0.6) is 0 Å². The van der Waals surface area contributed by atoms with Crippen LogP contribution in [0.15, 0.2) is 17.3 Å². The van der Waals surface area contributed by atoms with Crippen molar-refractivity contribution in [2.45, 2.75) is 12.8 Å². The standard InChI is InChI=1S/C16H17NO7/c1-7(17-2)13(18)22-3-4-23-14(19)10-6-8-5-9(10)12-11(8)15(20)24-16(12)21/h8-12H,1-6H2. The van der Waals surface area contributed by atoms with Crippen LogP contribution in [-0.2, 0) is 33.4 Å². The molecule has 0 spiro atoms. The van der Waals surface area contributed by atoms with Gasteiger partial charge in [0.2, 0.25) is 0 Å². The number of nitrogens with zero attached hydrogens (tertiary/aromatic N) is 1. The average molecular weight is 335 g/mol. The summed E-state index contributed by atoms with van der Waals surface area (Å²) in [4.78, 5) is 50.3. The summed E-state index contributed by atoms with van der Waals surface area (Å²) < 4.78 is 14.6. The van der Waals surface area contributed by atoms with Crippen LogP contribution in [-0.4, -0.2) is 43.8 Å². The van der Waals surface area contributed by atoms with Crippen LogP contribution >= 0.6 is 0 Å². The largest absolute Gasteiger partial charge is 0.462 e. The number of hydrogen-bond donors (Lipinski definition) is 0. The molecule has 0 radical (unpaired) electrons. The van der Waals surface area contributed by atoms with E-state index in [1.807, 2.05) is 0 Å². The molecule has 3 rings (SSSR count). The highest BCUT2D eigenvalue weighted by atomic mass is 16.6. The van der Waals surface area contributed by atoms with Gasteiger partial charge in [-0.05, 0) is 31.4 Å². The van der Waals surface area contributed by atoms with Gasteiger partial charge in [-0.25, -0.2) is 4.79 Å². The molecule has 8 heteroatoms. The van der Waals surface area contributed by atoms with Crippen molar-refractivity contribution in [1.82, 2.24) is 0 Å². The van der Waals surface area contributed by atoms with Crippen LogP contribution in [0, 0.1) is 29.6 Å². The lowest BCUT2D eigenvalue weighted by Gasteiger charge is -2.25. The van der Waals surface area contributed by atoms with Crippen LogP contribution in [0.3, 0.4) is 0 Å². The lowest BCUT2D eigenvalue weighted by Crippen LogP contribution is -2.35. The number of carbonyl (C=O) groups excluding carboxylic acids is 4. The number of esters is 4. The molecule has 0 amide bonds. The Kier molecular flexibility index (Phi) is 4.21. The third-order valence-electron chi connectivity index (χ3n) is 5.04. The second-order valence-electron chi connectivity index (χ2n) is 6.20. The molecule has 2 bridgehead atoms. The van der Waals surface area contributed by atoms with Gasteiger partial charge in [-0.3, -0.25) is 19.4 Å². The number of hydrogen-bond acceptors (Lipinski definition) is 8. The Morgan fingerprint density at radius 2 is 1.79 bits per heavy atom. The van der Waals surface area contributed by atoms with E-state index in [-0.39, 0.29) is 30.7 Å². The molecule has 3 fully saturated rings. The van der Waals surface area contributed by atoms with Crippen molar-refractivity contribution >= 4 is 30.6 Å². The van der Waals surface area contributed by atoms with Gasteiger partial charge >= 0.3 is 23.9 Å². The van der Waals surface area contributed by atoms with Crippen LogP contribution in [0.1, 0.15) is 12.8 Å². The topological polar surface area (TPSA) is 108 Å². The molecule has 0 N–H and O–H groups in total. The van der Waals surface area contributed by atoms with Gasteiger partial charge < -0.3 is 14.2 Å². The van der Waals surface area contributed by atoms with Crippen molar-refractivity contribution in [3.05, 3.63) is 12.3 Å². The quantitative estimate of drug-likeness (QED) is 0.171. The van der Waals surface area contributed by atoms with Crippen molar-refractivity contribution in [3.8, 4) is 0 Å². The zero-order valence-corrected chi connectivity index (χ0v) is 12.9. The van der Waals surface area contributed by atoms with Gasteiger partial charge in [0.05, 0.1) is 17.8 Å². The minimum absolute atomic E-state index is 0.00341. The first-order valence-corrected chi connectivity index (χ1v) is 7.69. The molecule has 5 unspecified atom stereocenters. The maximum Gasteiger partial charge on any atom is 0.356 e. The molecular formula is C16H17NO7. The van der Waals surface area contributed by atoms with E-state index in [1.54, 1.807) is 0 Å². The number of carbonyl (C=O) groups is 4. The van der Waals surface area contributed by atoms with Gasteiger partial charge in [-0.15, -0.1) is 0 Å². The number of rotatable bonds is 6. The Hall–Kier alpha value is -2.51. The Labute approximate surface area is 137 Å². The summed E-state index contributed by atoms with van der Waals surface area (Å²) in [6, 6.07) is 0. The number of ether oxygens (including phenoxy) is 3. The van der Waals surface area contributed by atoms with E-state index in [2.05, 4.69) is 23.0 Å². The fourth-order valence-electron chi connectivity index (χ4n) is 4.06. The van der Waals surface area contributed by atoms with Gasteiger partial charge in [0, 0.05) is 0 Å². The minimum Gasteiger partial charge on any atom is -0.462 e. The minimum atomic E-state index is -0.726. The third kappa shape index (κ3) is 2.61. The summed E-state index contributed by atoms with van der Waals surface area (Å²) in [5, 5.41) is 0. The SMILES string of the molecule is C=NC(=C)C(=O)OCCOC(=O)C1CC2CC1C1C(=O)OC(=O)C21. The first-order chi connectivity index (χ1) is 11.4. The zero-order valence-electron chi connectivity index (χ0n) is 12.9. The van der Waals surface area contributed by atoms with E-state index in [9.17, 15) is 19.2 Å². The average Bonchev–Trinajstić information content (AvgIpc) is 3.22. The number of cyclic esters (lactones) is 2. The maximum absolute atomic E-state index is 12.2. The lowest BCUT2D eigenvalue weighted by molar-refractivity contribution is -0.157. The molecule has 1 aliphatic heterocycles. The molecule has 3 aliphatic rings. The summed E-state index contributed by atoms with van der Waals surface area (Å²) >= 11 is 0. The molecule has 1 saturated heterocycles.